The quantitative estimate of drug-likeness (QED) is 0.393. The number of aryl methyl sites for hydroxylation is 1. The van der Waals surface area contributed by atoms with Crippen molar-refractivity contribution in [1.29, 1.82) is 0 Å². The van der Waals surface area contributed by atoms with E-state index in [0.717, 1.165) is 30.5 Å². The van der Waals surface area contributed by atoms with E-state index >= 15 is 0 Å². The highest BCUT2D eigenvalue weighted by Crippen LogP contribution is 2.42. The highest BCUT2D eigenvalue weighted by molar-refractivity contribution is 6.22. The molecule has 0 radical (unpaired) electrons. The molecule has 7 heteroatoms. The van der Waals surface area contributed by atoms with Gasteiger partial charge in [-0.1, -0.05) is 25.1 Å². The second kappa shape index (κ2) is 8.70. The fourth-order valence-corrected chi connectivity index (χ4v) is 5.44. The Balaban J connectivity index is 1.29. The van der Waals surface area contributed by atoms with Gasteiger partial charge in [0.25, 0.3) is 0 Å². The smallest absolute Gasteiger partial charge is 0.316 e. The number of rotatable bonds is 4. The second-order valence-corrected chi connectivity index (χ2v) is 9.81. The topological polar surface area (TPSA) is 84.0 Å². The van der Waals surface area contributed by atoms with Gasteiger partial charge in [0.05, 0.1) is 23.4 Å². The molecule has 176 valence electrons. The average molecular weight is 461 g/mol. The number of imide groups is 1. The first-order valence-corrected chi connectivity index (χ1v) is 11.9. The monoisotopic (exact) mass is 460 g/mol. The molecule has 2 heterocycles. The summed E-state index contributed by atoms with van der Waals surface area (Å²) >= 11 is 0. The van der Waals surface area contributed by atoms with E-state index in [1.165, 1.54) is 4.90 Å². The summed E-state index contributed by atoms with van der Waals surface area (Å²) in [6.45, 7) is 4.32. The summed E-state index contributed by atoms with van der Waals surface area (Å²) in [6, 6.07) is 14.1. The normalized spacial score (nSPS) is 26.7. The standard InChI is InChI=1S/C27H28N2O5/c1-16-5-3-6-19(11-16)28-15-18(13-24(28)30)27(33)34-21-8-4-7-20(14-21)29-25(31)22-10-9-17(2)12-23(22)26(29)32/h3-8,11,14,17-18,22-23H,9-10,12-13,15H2,1-2H3/t17-,18+,22-,23+/m1/s1. The Labute approximate surface area is 198 Å². The molecule has 0 N–H and O–H groups in total. The molecule has 3 amide bonds. The zero-order chi connectivity index (χ0) is 24.0. The summed E-state index contributed by atoms with van der Waals surface area (Å²) in [5.74, 6) is -1.37. The summed E-state index contributed by atoms with van der Waals surface area (Å²) in [6.07, 6.45) is 2.49. The highest BCUT2D eigenvalue weighted by atomic mass is 16.5. The van der Waals surface area contributed by atoms with Gasteiger partial charge < -0.3 is 9.64 Å². The number of carbonyl (C=O) groups is 4. The number of amides is 3. The molecule has 34 heavy (non-hydrogen) atoms. The molecule has 0 bridgehead atoms. The van der Waals surface area contributed by atoms with Crippen LogP contribution in [0.15, 0.2) is 48.5 Å². The molecule has 3 fully saturated rings. The number of carbonyl (C=O) groups excluding carboxylic acids is 4. The van der Waals surface area contributed by atoms with Gasteiger partial charge in [0, 0.05) is 24.7 Å². The van der Waals surface area contributed by atoms with Crippen molar-refractivity contribution in [3.05, 3.63) is 54.1 Å². The van der Waals surface area contributed by atoms with E-state index in [1.807, 2.05) is 31.2 Å². The SMILES string of the molecule is Cc1cccc(N2C[C@@H](C(=O)Oc3cccc(N4C(=O)[C@H]5C[C@H](C)CC[C@H]5C4=O)c3)CC2=O)c1. The zero-order valence-electron chi connectivity index (χ0n) is 19.4. The fourth-order valence-electron chi connectivity index (χ4n) is 5.44. The van der Waals surface area contributed by atoms with Crippen LogP contribution in [-0.4, -0.2) is 30.2 Å². The molecule has 0 aromatic heterocycles. The lowest BCUT2D eigenvalue weighted by molar-refractivity contribution is -0.139. The van der Waals surface area contributed by atoms with Gasteiger partial charge in [-0.25, -0.2) is 4.90 Å². The van der Waals surface area contributed by atoms with Gasteiger partial charge in [0.2, 0.25) is 17.7 Å². The van der Waals surface area contributed by atoms with Crippen LogP contribution >= 0.6 is 0 Å². The molecule has 5 rings (SSSR count). The van der Waals surface area contributed by atoms with Gasteiger partial charge in [-0.15, -0.1) is 0 Å². The van der Waals surface area contributed by atoms with Crippen LogP contribution in [0.25, 0.3) is 0 Å². The Kier molecular flexibility index (Phi) is 5.71. The molecule has 2 aliphatic heterocycles. The van der Waals surface area contributed by atoms with Gasteiger partial charge >= 0.3 is 5.97 Å². The molecule has 1 aliphatic carbocycles. The molecule has 4 atom stereocenters. The van der Waals surface area contributed by atoms with Crippen LogP contribution in [-0.2, 0) is 19.2 Å². The molecular formula is C27H28N2O5. The molecule has 2 aromatic rings. The number of fused-ring (bicyclic) bond motifs is 1. The van der Waals surface area contributed by atoms with Gasteiger partial charge in [0.1, 0.15) is 5.75 Å². The molecule has 1 saturated carbocycles. The van der Waals surface area contributed by atoms with Crippen LogP contribution in [0.2, 0.25) is 0 Å². The molecule has 3 aliphatic rings. The van der Waals surface area contributed by atoms with Crippen molar-refractivity contribution in [1.82, 2.24) is 0 Å². The predicted octanol–water partition coefficient (Wildman–Crippen LogP) is 3.88. The molecule has 2 saturated heterocycles. The summed E-state index contributed by atoms with van der Waals surface area (Å²) in [7, 11) is 0. The summed E-state index contributed by atoms with van der Waals surface area (Å²) in [5.41, 5.74) is 2.23. The van der Waals surface area contributed by atoms with Crippen molar-refractivity contribution in [2.75, 3.05) is 16.3 Å². The lowest BCUT2D eigenvalue weighted by Crippen LogP contribution is -2.31. The Morgan fingerprint density at radius 3 is 2.47 bits per heavy atom. The number of benzene rings is 2. The first kappa shape index (κ1) is 22.3. The fraction of sp³-hybridized carbons (Fsp3) is 0.407. The van der Waals surface area contributed by atoms with Crippen molar-refractivity contribution >= 4 is 35.1 Å². The van der Waals surface area contributed by atoms with E-state index in [9.17, 15) is 19.2 Å². The van der Waals surface area contributed by atoms with Gasteiger partial charge in [0.15, 0.2) is 0 Å². The van der Waals surface area contributed by atoms with Crippen molar-refractivity contribution in [2.45, 2.75) is 39.5 Å². The third kappa shape index (κ3) is 4.00. The van der Waals surface area contributed by atoms with E-state index < -0.39 is 11.9 Å². The lowest BCUT2D eigenvalue weighted by atomic mass is 9.76. The number of ether oxygens (including phenoxy) is 1. The lowest BCUT2D eigenvalue weighted by Gasteiger charge is -2.25. The van der Waals surface area contributed by atoms with E-state index in [2.05, 4.69) is 6.92 Å². The third-order valence-electron chi connectivity index (χ3n) is 7.25. The maximum atomic E-state index is 13.0. The van der Waals surface area contributed by atoms with Crippen LogP contribution < -0.4 is 14.5 Å². The maximum absolute atomic E-state index is 13.0. The Morgan fingerprint density at radius 1 is 0.941 bits per heavy atom. The van der Waals surface area contributed by atoms with Crippen LogP contribution in [0.5, 0.6) is 5.75 Å². The molecule has 2 aromatic carbocycles. The summed E-state index contributed by atoms with van der Waals surface area (Å²) in [4.78, 5) is 54.3. The Hall–Kier alpha value is -3.48. The minimum Gasteiger partial charge on any atom is -0.426 e. The summed E-state index contributed by atoms with van der Waals surface area (Å²) in [5, 5.41) is 0. The number of anilines is 2. The van der Waals surface area contributed by atoms with Gasteiger partial charge in [-0.05, 0) is 61.9 Å². The zero-order valence-corrected chi connectivity index (χ0v) is 19.4. The van der Waals surface area contributed by atoms with Crippen LogP contribution in [0.3, 0.4) is 0 Å². The van der Waals surface area contributed by atoms with E-state index in [-0.39, 0.29) is 48.3 Å². The largest absolute Gasteiger partial charge is 0.426 e. The van der Waals surface area contributed by atoms with Crippen molar-refractivity contribution in [2.24, 2.45) is 23.7 Å². The van der Waals surface area contributed by atoms with Crippen LogP contribution in [0.1, 0.15) is 38.2 Å². The second-order valence-electron chi connectivity index (χ2n) is 9.81. The number of hydrogen-bond donors (Lipinski definition) is 0. The first-order chi connectivity index (χ1) is 16.3. The average Bonchev–Trinajstić information content (AvgIpc) is 3.31. The first-order valence-electron chi connectivity index (χ1n) is 11.9. The number of hydrogen-bond acceptors (Lipinski definition) is 5. The Bertz CT molecular complexity index is 1180. The molecular weight excluding hydrogens is 432 g/mol. The van der Waals surface area contributed by atoms with Crippen molar-refractivity contribution < 1.29 is 23.9 Å². The maximum Gasteiger partial charge on any atom is 0.316 e. The van der Waals surface area contributed by atoms with Crippen molar-refractivity contribution in [3.8, 4) is 5.75 Å². The predicted molar refractivity (Wildman–Crippen MR) is 126 cm³/mol. The van der Waals surface area contributed by atoms with E-state index in [4.69, 9.17) is 4.74 Å². The van der Waals surface area contributed by atoms with Gasteiger partial charge in [-0.3, -0.25) is 19.2 Å². The summed E-state index contributed by atoms with van der Waals surface area (Å²) < 4.78 is 5.59. The molecule has 7 nitrogen and oxygen atoms in total. The molecule has 0 unspecified atom stereocenters. The minimum absolute atomic E-state index is 0.0805. The number of esters is 1. The minimum atomic E-state index is -0.587. The van der Waals surface area contributed by atoms with Gasteiger partial charge in [-0.2, -0.15) is 0 Å². The van der Waals surface area contributed by atoms with E-state index in [0.29, 0.717) is 11.6 Å². The molecule has 0 spiro atoms. The van der Waals surface area contributed by atoms with Crippen LogP contribution in [0.4, 0.5) is 11.4 Å². The van der Waals surface area contributed by atoms with Crippen LogP contribution in [0, 0.1) is 30.6 Å². The highest BCUT2D eigenvalue weighted by Gasteiger charge is 2.50. The third-order valence-corrected chi connectivity index (χ3v) is 7.25. The number of nitrogens with zero attached hydrogens (tertiary/aromatic N) is 2. The van der Waals surface area contributed by atoms with E-state index in [1.54, 1.807) is 29.2 Å². The Morgan fingerprint density at radius 2 is 1.68 bits per heavy atom. The van der Waals surface area contributed by atoms with Crippen molar-refractivity contribution in [3.63, 3.8) is 0 Å².